The molecule has 3 nitrogen and oxygen atoms in total. The molecule has 0 saturated heterocycles. The van der Waals surface area contributed by atoms with Crippen molar-refractivity contribution in [2.45, 2.75) is 40.7 Å². The molecule has 0 aliphatic carbocycles. The third kappa shape index (κ3) is 3.96. The van der Waals surface area contributed by atoms with E-state index in [-0.39, 0.29) is 11.9 Å². The number of benzene rings is 1. The first-order valence-corrected chi connectivity index (χ1v) is 7.52. The van der Waals surface area contributed by atoms with E-state index in [4.69, 9.17) is 0 Å². The Morgan fingerprint density at radius 2 is 1.89 bits per heavy atom. The zero-order valence-corrected chi connectivity index (χ0v) is 14.0. The van der Waals surface area contributed by atoms with Crippen molar-refractivity contribution in [3.8, 4) is 0 Å². The predicted octanol–water partition coefficient (Wildman–Crippen LogP) is 3.73. The number of carbonyl (C=O) groups is 1. The van der Waals surface area contributed by atoms with E-state index in [1.54, 1.807) is 0 Å². The molecule has 0 heterocycles. The monoisotopic (exact) mass is 326 g/mol. The molecule has 1 rings (SSSR count). The maximum absolute atomic E-state index is 12.2. The van der Waals surface area contributed by atoms with Crippen LogP contribution in [-0.2, 0) is 4.79 Å². The van der Waals surface area contributed by atoms with Crippen molar-refractivity contribution in [3.05, 3.63) is 27.7 Å². The number of rotatable bonds is 5. The fourth-order valence-electron chi connectivity index (χ4n) is 2.19. The van der Waals surface area contributed by atoms with Crippen molar-refractivity contribution in [3.63, 3.8) is 0 Å². The van der Waals surface area contributed by atoms with Crippen LogP contribution < -0.4 is 5.32 Å². The van der Waals surface area contributed by atoms with E-state index in [1.165, 1.54) is 5.56 Å². The Balaban J connectivity index is 2.88. The van der Waals surface area contributed by atoms with Crippen LogP contribution in [0, 0.1) is 13.8 Å². The van der Waals surface area contributed by atoms with Crippen LogP contribution in [0.15, 0.2) is 16.6 Å². The number of aryl methyl sites for hydroxylation is 2. The Morgan fingerprint density at radius 1 is 1.32 bits per heavy atom. The van der Waals surface area contributed by atoms with Crippen molar-refractivity contribution in [1.82, 2.24) is 4.90 Å². The van der Waals surface area contributed by atoms with Crippen LogP contribution in [0.3, 0.4) is 0 Å². The molecule has 0 aromatic heterocycles. The lowest BCUT2D eigenvalue weighted by Crippen LogP contribution is -2.41. The third-order valence-corrected chi connectivity index (χ3v) is 3.86. The number of halogens is 1. The molecule has 1 aromatic carbocycles. The molecule has 0 spiro atoms. The standard InChI is InChI=1S/C15H23BrN2O/c1-6-18(7-2)15(19)12(5)17-14-11(4)8-10(3)9-13(14)16/h8-9,12,17H,6-7H2,1-5H3. The van der Waals surface area contributed by atoms with E-state index in [0.29, 0.717) is 0 Å². The molecule has 1 amide bonds. The zero-order valence-electron chi connectivity index (χ0n) is 12.4. The molecule has 1 aromatic rings. The molecule has 19 heavy (non-hydrogen) atoms. The van der Waals surface area contributed by atoms with Crippen LogP contribution in [0.2, 0.25) is 0 Å². The van der Waals surface area contributed by atoms with E-state index in [9.17, 15) is 4.79 Å². The second kappa shape index (κ2) is 6.94. The highest BCUT2D eigenvalue weighted by Gasteiger charge is 2.19. The molecule has 1 N–H and O–H groups in total. The van der Waals surface area contributed by atoms with Gasteiger partial charge in [-0.25, -0.2) is 0 Å². The molecular weight excluding hydrogens is 304 g/mol. The molecule has 0 aliphatic heterocycles. The Bertz CT molecular complexity index is 432. The summed E-state index contributed by atoms with van der Waals surface area (Å²) in [5.74, 6) is 0.136. The Labute approximate surface area is 124 Å². The highest BCUT2D eigenvalue weighted by atomic mass is 79.9. The van der Waals surface area contributed by atoms with E-state index in [2.05, 4.69) is 47.2 Å². The number of hydrogen-bond acceptors (Lipinski definition) is 2. The lowest BCUT2D eigenvalue weighted by Gasteiger charge is -2.25. The molecule has 0 bridgehead atoms. The fourth-order valence-corrected chi connectivity index (χ4v) is 2.97. The van der Waals surface area contributed by atoms with Crippen molar-refractivity contribution < 1.29 is 4.79 Å². The summed E-state index contributed by atoms with van der Waals surface area (Å²) in [6.45, 7) is 11.5. The Kier molecular flexibility index (Phi) is 5.85. The van der Waals surface area contributed by atoms with Crippen molar-refractivity contribution in [2.24, 2.45) is 0 Å². The highest BCUT2D eigenvalue weighted by Crippen LogP contribution is 2.28. The van der Waals surface area contributed by atoms with Gasteiger partial charge in [0.25, 0.3) is 0 Å². The van der Waals surface area contributed by atoms with Crippen molar-refractivity contribution in [1.29, 1.82) is 0 Å². The Morgan fingerprint density at radius 3 is 2.37 bits per heavy atom. The summed E-state index contributed by atoms with van der Waals surface area (Å²) >= 11 is 3.56. The summed E-state index contributed by atoms with van der Waals surface area (Å²) in [4.78, 5) is 14.1. The summed E-state index contributed by atoms with van der Waals surface area (Å²) < 4.78 is 1.00. The summed E-state index contributed by atoms with van der Waals surface area (Å²) in [7, 11) is 0. The van der Waals surface area contributed by atoms with E-state index in [0.717, 1.165) is 28.8 Å². The maximum Gasteiger partial charge on any atom is 0.244 e. The molecule has 106 valence electrons. The van der Waals surface area contributed by atoms with E-state index >= 15 is 0 Å². The summed E-state index contributed by atoms with van der Waals surface area (Å²) in [5, 5.41) is 3.32. The van der Waals surface area contributed by atoms with Gasteiger partial charge in [-0.1, -0.05) is 6.07 Å². The SMILES string of the molecule is CCN(CC)C(=O)C(C)Nc1c(C)cc(C)cc1Br. The molecule has 0 radical (unpaired) electrons. The van der Waals surface area contributed by atoms with Crippen molar-refractivity contribution in [2.75, 3.05) is 18.4 Å². The second-order valence-corrected chi connectivity index (χ2v) is 5.67. The Hall–Kier alpha value is -1.03. The van der Waals surface area contributed by atoms with Gasteiger partial charge in [0.1, 0.15) is 6.04 Å². The molecule has 0 saturated carbocycles. The lowest BCUT2D eigenvalue weighted by atomic mass is 10.1. The zero-order chi connectivity index (χ0) is 14.6. The van der Waals surface area contributed by atoms with Crippen molar-refractivity contribution >= 4 is 27.5 Å². The normalized spacial score (nSPS) is 12.1. The number of carbonyl (C=O) groups excluding carboxylic acids is 1. The van der Waals surface area contributed by atoms with Crippen LogP contribution in [0.4, 0.5) is 5.69 Å². The van der Waals surface area contributed by atoms with Crippen LogP contribution >= 0.6 is 15.9 Å². The van der Waals surface area contributed by atoms with Gasteiger partial charge in [0, 0.05) is 17.6 Å². The van der Waals surface area contributed by atoms with Gasteiger partial charge >= 0.3 is 0 Å². The minimum absolute atomic E-state index is 0.136. The summed E-state index contributed by atoms with van der Waals surface area (Å²) in [5.41, 5.74) is 3.35. The number of anilines is 1. The van der Waals surface area contributed by atoms with Gasteiger partial charge in [-0.3, -0.25) is 4.79 Å². The average Bonchev–Trinajstić information content (AvgIpc) is 2.34. The topological polar surface area (TPSA) is 32.3 Å². The first kappa shape index (κ1) is 16.0. The number of likely N-dealkylation sites (N-methyl/N-ethyl adjacent to an activating group) is 1. The molecule has 0 fully saturated rings. The van der Waals surface area contributed by atoms with Crippen LogP contribution in [0.1, 0.15) is 31.9 Å². The number of nitrogens with one attached hydrogen (secondary N) is 1. The van der Waals surface area contributed by atoms with Gasteiger partial charge in [-0.15, -0.1) is 0 Å². The van der Waals surface area contributed by atoms with Crippen LogP contribution in [-0.4, -0.2) is 29.9 Å². The fraction of sp³-hybridized carbons (Fsp3) is 0.533. The smallest absolute Gasteiger partial charge is 0.244 e. The van der Waals surface area contributed by atoms with Crippen LogP contribution in [0.25, 0.3) is 0 Å². The predicted molar refractivity (Wildman–Crippen MR) is 84.6 cm³/mol. The molecule has 1 atom stereocenters. The first-order chi connectivity index (χ1) is 8.90. The quantitative estimate of drug-likeness (QED) is 0.894. The molecule has 1 unspecified atom stereocenters. The van der Waals surface area contributed by atoms with Gasteiger partial charge < -0.3 is 10.2 Å². The maximum atomic E-state index is 12.2. The highest BCUT2D eigenvalue weighted by molar-refractivity contribution is 9.10. The molecular formula is C15H23BrN2O. The van der Waals surface area contributed by atoms with Crippen LogP contribution in [0.5, 0.6) is 0 Å². The number of amides is 1. The number of hydrogen-bond donors (Lipinski definition) is 1. The van der Waals surface area contributed by atoms with E-state index in [1.807, 2.05) is 25.7 Å². The molecule has 4 heteroatoms. The van der Waals surface area contributed by atoms with Gasteiger partial charge in [0.05, 0.1) is 5.69 Å². The third-order valence-electron chi connectivity index (χ3n) is 3.24. The van der Waals surface area contributed by atoms with Gasteiger partial charge in [0.2, 0.25) is 5.91 Å². The lowest BCUT2D eigenvalue weighted by molar-refractivity contribution is -0.131. The number of nitrogens with zero attached hydrogens (tertiary/aromatic N) is 1. The minimum atomic E-state index is -0.224. The first-order valence-electron chi connectivity index (χ1n) is 6.72. The molecule has 0 aliphatic rings. The van der Waals surface area contributed by atoms with Gasteiger partial charge in [-0.05, 0) is 67.7 Å². The van der Waals surface area contributed by atoms with E-state index < -0.39 is 0 Å². The van der Waals surface area contributed by atoms with Gasteiger partial charge in [-0.2, -0.15) is 0 Å². The average molecular weight is 327 g/mol. The summed E-state index contributed by atoms with van der Waals surface area (Å²) in [6, 6.07) is 3.95. The minimum Gasteiger partial charge on any atom is -0.373 e. The largest absolute Gasteiger partial charge is 0.373 e. The van der Waals surface area contributed by atoms with Gasteiger partial charge in [0.15, 0.2) is 0 Å². The summed E-state index contributed by atoms with van der Waals surface area (Å²) in [6.07, 6.45) is 0. The second-order valence-electron chi connectivity index (χ2n) is 4.82.